The molecule has 0 radical (unpaired) electrons. The summed E-state index contributed by atoms with van der Waals surface area (Å²) in [5, 5.41) is 9.87. The van der Waals surface area contributed by atoms with Gasteiger partial charge in [-0.25, -0.2) is 4.79 Å². The summed E-state index contributed by atoms with van der Waals surface area (Å²) >= 11 is 11.7. The lowest BCUT2D eigenvalue weighted by Crippen LogP contribution is -2.37. The summed E-state index contributed by atoms with van der Waals surface area (Å²) in [6, 6.07) is 4.61. The van der Waals surface area contributed by atoms with Gasteiger partial charge in [-0.05, 0) is 30.2 Å². The Morgan fingerprint density at radius 2 is 2.00 bits per heavy atom. The van der Waals surface area contributed by atoms with Gasteiger partial charge in [0.15, 0.2) is 0 Å². The Hall–Kier alpha value is -1.30. The van der Waals surface area contributed by atoms with Gasteiger partial charge in [0.1, 0.15) is 6.04 Å². The molecule has 0 aliphatic carbocycles. The van der Waals surface area contributed by atoms with E-state index in [4.69, 9.17) is 34.0 Å². The van der Waals surface area contributed by atoms with Crippen molar-refractivity contribution in [2.75, 3.05) is 0 Å². The van der Waals surface area contributed by atoms with Crippen LogP contribution in [0.2, 0.25) is 10.0 Å². The Kier molecular flexibility index (Phi) is 7.13. The van der Waals surface area contributed by atoms with Gasteiger partial charge in [0, 0.05) is 13.0 Å². The molecule has 1 saturated heterocycles. The Bertz CT molecular complexity index is 547. The smallest absolute Gasteiger partial charge is 0.326 e. The number of benzene rings is 1. The fourth-order valence-electron chi connectivity index (χ4n) is 2.02. The average Bonchev–Trinajstić information content (AvgIpc) is 2.75. The van der Waals surface area contributed by atoms with Crippen LogP contribution in [0.1, 0.15) is 32.3 Å². The number of carbonyl (C=O) groups is 2. The van der Waals surface area contributed by atoms with Gasteiger partial charge in [0.05, 0.1) is 10.0 Å². The minimum Gasteiger partial charge on any atom is -0.480 e. The highest BCUT2D eigenvalue weighted by Crippen LogP contribution is 2.26. The molecular formula is C15H20Cl2N2O3. The monoisotopic (exact) mass is 346 g/mol. The molecule has 1 aliphatic heterocycles. The van der Waals surface area contributed by atoms with Crippen LogP contribution in [-0.2, 0) is 16.1 Å². The second-order valence-electron chi connectivity index (χ2n) is 5.41. The molecular weight excluding hydrogens is 327 g/mol. The minimum atomic E-state index is -0.971. The van der Waals surface area contributed by atoms with Gasteiger partial charge in [0.25, 0.3) is 0 Å². The molecule has 122 valence electrons. The third-order valence-corrected chi connectivity index (χ3v) is 3.69. The summed E-state index contributed by atoms with van der Waals surface area (Å²) in [5.74, 6) is -1.12. The lowest BCUT2D eigenvalue weighted by atomic mass is 10.2. The highest BCUT2D eigenvalue weighted by Gasteiger charge is 2.35. The van der Waals surface area contributed by atoms with Crippen molar-refractivity contribution in [2.45, 2.75) is 45.3 Å². The second kappa shape index (κ2) is 8.36. The van der Waals surface area contributed by atoms with Crippen molar-refractivity contribution in [1.82, 2.24) is 4.90 Å². The van der Waals surface area contributed by atoms with Crippen molar-refractivity contribution in [1.29, 1.82) is 0 Å². The molecule has 0 spiro atoms. The maximum absolute atomic E-state index is 11.6. The van der Waals surface area contributed by atoms with E-state index in [0.29, 0.717) is 22.5 Å². The van der Waals surface area contributed by atoms with Crippen molar-refractivity contribution < 1.29 is 14.7 Å². The van der Waals surface area contributed by atoms with E-state index in [1.807, 2.05) is 13.8 Å². The third kappa shape index (κ3) is 5.48. The number of halogens is 2. The van der Waals surface area contributed by atoms with Crippen LogP contribution in [0.15, 0.2) is 18.2 Å². The number of hydrogen-bond acceptors (Lipinski definition) is 3. The quantitative estimate of drug-likeness (QED) is 0.881. The molecule has 1 aromatic carbocycles. The lowest BCUT2D eigenvalue weighted by molar-refractivity contribution is -0.146. The molecule has 1 amide bonds. The predicted octanol–water partition coefficient (Wildman–Crippen LogP) is 2.92. The number of carboxylic acids is 1. The lowest BCUT2D eigenvalue weighted by Gasteiger charge is -2.21. The van der Waals surface area contributed by atoms with Crippen LogP contribution < -0.4 is 5.73 Å². The Labute approximate surface area is 140 Å². The van der Waals surface area contributed by atoms with E-state index in [2.05, 4.69) is 0 Å². The molecule has 1 atom stereocenters. The number of amides is 1. The maximum atomic E-state index is 11.6. The summed E-state index contributed by atoms with van der Waals surface area (Å²) in [4.78, 5) is 24.0. The topological polar surface area (TPSA) is 83.6 Å². The van der Waals surface area contributed by atoms with Gasteiger partial charge in [-0.1, -0.05) is 43.1 Å². The standard InChI is InChI=1S/C12H11Cl2NO3.C3H9N/c13-8-2-1-7(5-9(8)14)6-15-10(12(17)18)3-4-11(15)16;1-3(2)4/h1-2,5,10H,3-4,6H2,(H,17,18);3H,4H2,1-2H3/t10-;/m0./s1. The van der Waals surface area contributed by atoms with Crippen molar-refractivity contribution in [3.05, 3.63) is 33.8 Å². The third-order valence-electron chi connectivity index (χ3n) is 2.95. The molecule has 0 aromatic heterocycles. The first-order valence-corrected chi connectivity index (χ1v) is 7.69. The van der Waals surface area contributed by atoms with Crippen molar-refractivity contribution in [3.63, 3.8) is 0 Å². The van der Waals surface area contributed by atoms with Crippen molar-refractivity contribution in [2.24, 2.45) is 5.73 Å². The van der Waals surface area contributed by atoms with Crippen LogP contribution in [0.4, 0.5) is 0 Å². The molecule has 1 aliphatic rings. The zero-order chi connectivity index (χ0) is 16.9. The van der Waals surface area contributed by atoms with Gasteiger partial charge in [0.2, 0.25) is 5.91 Å². The van der Waals surface area contributed by atoms with E-state index >= 15 is 0 Å². The van der Waals surface area contributed by atoms with E-state index in [0.717, 1.165) is 5.56 Å². The first-order valence-electron chi connectivity index (χ1n) is 6.94. The molecule has 1 aromatic rings. The van der Waals surface area contributed by atoms with Crippen molar-refractivity contribution >= 4 is 35.1 Å². The zero-order valence-electron chi connectivity index (χ0n) is 12.6. The fraction of sp³-hybridized carbons (Fsp3) is 0.467. The number of nitrogens with zero attached hydrogens (tertiary/aromatic N) is 1. The highest BCUT2D eigenvalue weighted by molar-refractivity contribution is 6.42. The number of nitrogens with two attached hydrogens (primary N) is 1. The van der Waals surface area contributed by atoms with Gasteiger partial charge in [-0.2, -0.15) is 0 Å². The van der Waals surface area contributed by atoms with Crippen LogP contribution in [0, 0.1) is 0 Å². The first-order chi connectivity index (χ1) is 10.2. The van der Waals surface area contributed by atoms with Crippen LogP contribution in [-0.4, -0.2) is 34.0 Å². The largest absolute Gasteiger partial charge is 0.480 e. The van der Waals surface area contributed by atoms with E-state index in [9.17, 15) is 9.59 Å². The molecule has 1 fully saturated rings. The van der Waals surface area contributed by atoms with Crippen LogP contribution in [0.5, 0.6) is 0 Å². The number of carboxylic acid groups (broad SMARTS) is 1. The van der Waals surface area contributed by atoms with Gasteiger partial charge in [-0.15, -0.1) is 0 Å². The summed E-state index contributed by atoms with van der Waals surface area (Å²) in [5.41, 5.74) is 5.88. The maximum Gasteiger partial charge on any atom is 0.326 e. The van der Waals surface area contributed by atoms with E-state index in [1.165, 1.54) is 4.90 Å². The summed E-state index contributed by atoms with van der Waals surface area (Å²) in [7, 11) is 0. The molecule has 0 saturated carbocycles. The predicted molar refractivity (Wildman–Crippen MR) is 87.0 cm³/mol. The number of aliphatic carboxylic acids is 1. The molecule has 5 nitrogen and oxygen atoms in total. The van der Waals surface area contributed by atoms with E-state index in [-0.39, 0.29) is 18.9 Å². The van der Waals surface area contributed by atoms with Gasteiger partial charge in [-0.3, -0.25) is 4.79 Å². The molecule has 0 unspecified atom stereocenters. The number of rotatable bonds is 3. The molecule has 7 heteroatoms. The normalized spacial score (nSPS) is 17.5. The SMILES string of the molecule is CC(C)N.O=C(O)[C@@H]1CCC(=O)N1Cc1ccc(Cl)c(Cl)c1. The Morgan fingerprint density at radius 1 is 1.41 bits per heavy atom. The van der Waals surface area contributed by atoms with Crippen LogP contribution >= 0.6 is 23.2 Å². The van der Waals surface area contributed by atoms with Crippen LogP contribution in [0.3, 0.4) is 0 Å². The highest BCUT2D eigenvalue weighted by atomic mass is 35.5. The van der Waals surface area contributed by atoms with Gasteiger partial charge >= 0.3 is 5.97 Å². The minimum absolute atomic E-state index is 0.145. The fourth-order valence-corrected chi connectivity index (χ4v) is 2.34. The molecule has 3 N–H and O–H groups in total. The van der Waals surface area contributed by atoms with Crippen LogP contribution in [0.25, 0.3) is 0 Å². The number of likely N-dealkylation sites (tertiary alicyclic amines) is 1. The molecule has 22 heavy (non-hydrogen) atoms. The van der Waals surface area contributed by atoms with Gasteiger partial charge < -0.3 is 15.7 Å². The molecule has 0 bridgehead atoms. The summed E-state index contributed by atoms with van der Waals surface area (Å²) in [6.45, 7) is 4.13. The Morgan fingerprint density at radius 3 is 2.50 bits per heavy atom. The van der Waals surface area contributed by atoms with E-state index < -0.39 is 12.0 Å². The zero-order valence-corrected chi connectivity index (χ0v) is 14.1. The number of carbonyl (C=O) groups excluding carboxylic acids is 1. The summed E-state index contributed by atoms with van der Waals surface area (Å²) < 4.78 is 0. The first kappa shape index (κ1) is 18.7. The molecule has 1 heterocycles. The Balaban J connectivity index is 0.000000541. The second-order valence-corrected chi connectivity index (χ2v) is 6.22. The summed E-state index contributed by atoms with van der Waals surface area (Å²) in [6.07, 6.45) is 0.633. The van der Waals surface area contributed by atoms with E-state index in [1.54, 1.807) is 18.2 Å². The van der Waals surface area contributed by atoms with Crippen molar-refractivity contribution in [3.8, 4) is 0 Å². The molecule has 2 rings (SSSR count). The average molecular weight is 347 g/mol. The number of hydrogen-bond donors (Lipinski definition) is 2.